The predicted molar refractivity (Wildman–Crippen MR) is 110 cm³/mol. The standard InChI is InChI=1S/C21H29N5O/c1-4-22-21(24-11-7-8-13-26-14-12-23-17(26)3)25-16(2)20-15-18-9-5-6-10-19(18)27-20/h5-6,9-10,12,14-16H,4,7-8,11,13H2,1-3H3,(H2,22,24,25). The second kappa shape index (κ2) is 9.26. The van der Waals surface area contributed by atoms with Gasteiger partial charge in [-0.25, -0.2) is 4.98 Å². The lowest BCUT2D eigenvalue weighted by molar-refractivity contribution is 0.488. The van der Waals surface area contributed by atoms with Crippen molar-refractivity contribution in [3.05, 3.63) is 54.3 Å². The van der Waals surface area contributed by atoms with E-state index in [9.17, 15) is 0 Å². The molecule has 0 radical (unpaired) electrons. The minimum absolute atomic E-state index is 0.0452. The molecule has 144 valence electrons. The number of nitrogens with one attached hydrogen (secondary N) is 2. The van der Waals surface area contributed by atoms with Gasteiger partial charge in [-0.15, -0.1) is 0 Å². The van der Waals surface area contributed by atoms with Crippen LogP contribution in [-0.4, -0.2) is 28.6 Å². The Morgan fingerprint density at radius 1 is 1.30 bits per heavy atom. The molecule has 2 aromatic heterocycles. The maximum absolute atomic E-state index is 5.95. The molecule has 0 aliphatic carbocycles. The highest BCUT2D eigenvalue weighted by molar-refractivity contribution is 5.81. The van der Waals surface area contributed by atoms with E-state index in [1.54, 1.807) is 0 Å². The zero-order valence-corrected chi connectivity index (χ0v) is 16.4. The van der Waals surface area contributed by atoms with Crippen LogP contribution in [0.1, 0.15) is 44.3 Å². The van der Waals surface area contributed by atoms with Gasteiger partial charge >= 0.3 is 0 Å². The number of aryl methyl sites for hydroxylation is 2. The normalized spacial score (nSPS) is 13.1. The molecule has 0 saturated heterocycles. The van der Waals surface area contributed by atoms with Crippen LogP contribution in [0.5, 0.6) is 0 Å². The molecule has 1 aromatic carbocycles. The fraction of sp³-hybridized carbons (Fsp3) is 0.429. The van der Waals surface area contributed by atoms with Gasteiger partial charge in [0.25, 0.3) is 0 Å². The summed E-state index contributed by atoms with van der Waals surface area (Å²) in [4.78, 5) is 8.95. The van der Waals surface area contributed by atoms with Gasteiger partial charge in [-0.05, 0) is 45.7 Å². The van der Waals surface area contributed by atoms with E-state index < -0.39 is 0 Å². The average Bonchev–Trinajstić information content (AvgIpc) is 3.27. The number of nitrogens with zero attached hydrogens (tertiary/aromatic N) is 3. The molecular formula is C21H29N5O. The molecule has 2 heterocycles. The molecule has 6 heteroatoms. The molecule has 0 amide bonds. The number of aliphatic imine (C=N–C) groups is 1. The van der Waals surface area contributed by atoms with Gasteiger partial charge in [0.05, 0.1) is 6.04 Å². The maximum Gasteiger partial charge on any atom is 0.191 e. The highest BCUT2D eigenvalue weighted by Gasteiger charge is 2.12. The number of unbranched alkanes of at least 4 members (excludes halogenated alkanes) is 1. The molecule has 2 N–H and O–H groups in total. The number of hydrogen-bond donors (Lipinski definition) is 2. The molecule has 1 atom stereocenters. The first-order chi connectivity index (χ1) is 13.2. The molecule has 27 heavy (non-hydrogen) atoms. The number of aromatic nitrogens is 2. The second-order valence-electron chi connectivity index (χ2n) is 6.69. The highest BCUT2D eigenvalue weighted by Crippen LogP contribution is 2.23. The number of imidazole rings is 1. The number of para-hydroxylation sites is 1. The van der Waals surface area contributed by atoms with Crippen molar-refractivity contribution in [2.24, 2.45) is 4.99 Å². The molecule has 0 saturated carbocycles. The first kappa shape index (κ1) is 19.0. The monoisotopic (exact) mass is 367 g/mol. The van der Waals surface area contributed by atoms with Crippen molar-refractivity contribution in [1.29, 1.82) is 0 Å². The molecule has 0 aliphatic rings. The Balaban J connectivity index is 1.52. The number of benzene rings is 1. The van der Waals surface area contributed by atoms with Crippen molar-refractivity contribution in [2.75, 3.05) is 13.1 Å². The summed E-state index contributed by atoms with van der Waals surface area (Å²) in [6.07, 6.45) is 5.99. The smallest absolute Gasteiger partial charge is 0.191 e. The SMILES string of the molecule is CCNC(=NCCCCn1ccnc1C)NC(C)c1cc2ccccc2o1. The van der Waals surface area contributed by atoms with Gasteiger partial charge in [0.15, 0.2) is 5.96 Å². The van der Waals surface area contributed by atoms with E-state index in [-0.39, 0.29) is 6.04 Å². The average molecular weight is 367 g/mol. The number of guanidine groups is 1. The van der Waals surface area contributed by atoms with Crippen LogP contribution in [0, 0.1) is 6.92 Å². The zero-order chi connectivity index (χ0) is 19.1. The Kier molecular flexibility index (Phi) is 6.52. The lowest BCUT2D eigenvalue weighted by atomic mass is 10.2. The Morgan fingerprint density at radius 3 is 2.89 bits per heavy atom. The third kappa shape index (κ3) is 5.12. The summed E-state index contributed by atoms with van der Waals surface area (Å²) < 4.78 is 8.13. The predicted octanol–water partition coefficient (Wildman–Crippen LogP) is 4.03. The summed E-state index contributed by atoms with van der Waals surface area (Å²) in [5.41, 5.74) is 0.915. The molecule has 0 spiro atoms. The van der Waals surface area contributed by atoms with Crippen molar-refractivity contribution in [1.82, 2.24) is 20.2 Å². The summed E-state index contributed by atoms with van der Waals surface area (Å²) in [5, 5.41) is 7.87. The van der Waals surface area contributed by atoms with Crippen LogP contribution in [0.2, 0.25) is 0 Å². The van der Waals surface area contributed by atoms with Gasteiger partial charge in [0.1, 0.15) is 17.2 Å². The van der Waals surface area contributed by atoms with Crippen molar-refractivity contribution >= 4 is 16.9 Å². The van der Waals surface area contributed by atoms with Crippen LogP contribution in [0.15, 0.2) is 52.1 Å². The van der Waals surface area contributed by atoms with Crippen LogP contribution >= 0.6 is 0 Å². The van der Waals surface area contributed by atoms with Crippen LogP contribution in [0.3, 0.4) is 0 Å². The highest BCUT2D eigenvalue weighted by atomic mass is 16.3. The minimum Gasteiger partial charge on any atom is -0.459 e. The Hall–Kier alpha value is -2.76. The first-order valence-corrected chi connectivity index (χ1v) is 9.68. The van der Waals surface area contributed by atoms with Crippen LogP contribution in [-0.2, 0) is 6.54 Å². The summed E-state index contributed by atoms with van der Waals surface area (Å²) in [7, 11) is 0. The third-order valence-electron chi connectivity index (χ3n) is 4.57. The van der Waals surface area contributed by atoms with E-state index in [4.69, 9.17) is 9.41 Å². The molecular weight excluding hydrogens is 338 g/mol. The number of rotatable bonds is 8. The Labute approximate surface area is 160 Å². The van der Waals surface area contributed by atoms with Crippen molar-refractivity contribution in [3.63, 3.8) is 0 Å². The summed E-state index contributed by atoms with van der Waals surface area (Å²) in [6, 6.07) is 10.2. The van der Waals surface area contributed by atoms with E-state index in [0.29, 0.717) is 0 Å². The number of fused-ring (bicyclic) bond motifs is 1. The van der Waals surface area contributed by atoms with Gasteiger partial charge in [0, 0.05) is 37.4 Å². The minimum atomic E-state index is 0.0452. The second-order valence-corrected chi connectivity index (χ2v) is 6.69. The largest absolute Gasteiger partial charge is 0.459 e. The van der Waals surface area contributed by atoms with Gasteiger partial charge in [0.2, 0.25) is 0 Å². The maximum atomic E-state index is 5.95. The van der Waals surface area contributed by atoms with E-state index in [2.05, 4.69) is 46.2 Å². The molecule has 0 aliphatic heterocycles. The van der Waals surface area contributed by atoms with Gasteiger partial charge in [-0.2, -0.15) is 0 Å². The van der Waals surface area contributed by atoms with Gasteiger partial charge in [-0.3, -0.25) is 4.99 Å². The fourth-order valence-electron chi connectivity index (χ4n) is 3.04. The molecule has 0 fully saturated rings. The Morgan fingerprint density at radius 2 is 2.15 bits per heavy atom. The van der Waals surface area contributed by atoms with Crippen molar-refractivity contribution < 1.29 is 4.42 Å². The van der Waals surface area contributed by atoms with E-state index in [0.717, 1.165) is 61.0 Å². The molecule has 1 unspecified atom stereocenters. The van der Waals surface area contributed by atoms with Crippen LogP contribution in [0.25, 0.3) is 11.0 Å². The summed E-state index contributed by atoms with van der Waals surface area (Å²) in [6.45, 7) is 8.80. The number of hydrogen-bond acceptors (Lipinski definition) is 3. The lowest BCUT2D eigenvalue weighted by Crippen LogP contribution is -2.38. The van der Waals surface area contributed by atoms with Crippen molar-refractivity contribution in [2.45, 2.75) is 46.2 Å². The first-order valence-electron chi connectivity index (χ1n) is 9.68. The topological polar surface area (TPSA) is 67.4 Å². The van der Waals surface area contributed by atoms with E-state index in [1.807, 2.05) is 37.5 Å². The molecule has 0 bridgehead atoms. The molecule has 3 rings (SSSR count). The summed E-state index contributed by atoms with van der Waals surface area (Å²) >= 11 is 0. The van der Waals surface area contributed by atoms with Gasteiger partial charge in [-0.1, -0.05) is 18.2 Å². The fourth-order valence-corrected chi connectivity index (χ4v) is 3.04. The van der Waals surface area contributed by atoms with Crippen LogP contribution in [0.4, 0.5) is 0 Å². The van der Waals surface area contributed by atoms with Crippen LogP contribution < -0.4 is 10.6 Å². The quantitative estimate of drug-likeness (QED) is 0.358. The van der Waals surface area contributed by atoms with Gasteiger partial charge < -0.3 is 19.6 Å². The van der Waals surface area contributed by atoms with E-state index >= 15 is 0 Å². The third-order valence-corrected chi connectivity index (χ3v) is 4.57. The van der Waals surface area contributed by atoms with Crippen molar-refractivity contribution in [3.8, 4) is 0 Å². The molecule has 3 aromatic rings. The lowest BCUT2D eigenvalue weighted by Gasteiger charge is -2.16. The summed E-state index contributed by atoms with van der Waals surface area (Å²) in [5.74, 6) is 2.80. The zero-order valence-electron chi connectivity index (χ0n) is 16.4. The number of furan rings is 1. The van der Waals surface area contributed by atoms with E-state index in [1.165, 1.54) is 0 Å². The Bertz CT molecular complexity index is 846. The molecule has 6 nitrogen and oxygen atoms in total.